The van der Waals surface area contributed by atoms with E-state index in [1.54, 1.807) is 18.9 Å². The van der Waals surface area contributed by atoms with Crippen LogP contribution in [-0.2, 0) is 5.54 Å². The van der Waals surface area contributed by atoms with E-state index in [2.05, 4.69) is 43.5 Å². The molecule has 3 aromatic rings. The Balaban J connectivity index is 1.77. The number of nitrogens with zero attached hydrogens (tertiary/aromatic N) is 8. The van der Waals surface area contributed by atoms with Gasteiger partial charge in [-0.25, -0.2) is 9.97 Å². The fourth-order valence-electron chi connectivity index (χ4n) is 4.43. The molecule has 8 heteroatoms. The van der Waals surface area contributed by atoms with E-state index in [1.807, 2.05) is 17.0 Å². The fourth-order valence-corrected chi connectivity index (χ4v) is 4.43. The molecule has 0 radical (unpaired) electrons. The molecule has 2 aliphatic rings. The van der Waals surface area contributed by atoms with Crippen LogP contribution in [0.25, 0.3) is 11.6 Å². The summed E-state index contributed by atoms with van der Waals surface area (Å²) < 4.78 is 3.90. The van der Waals surface area contributed by atoms with Gasteiger partial charge in [-0.15, -0.1) is 10.2 Å². The number of rotatable bonds is 3. The fraction of sp³-hybridized carbons (Fsp3) is 0.471. The Morgan fingerprint density at radius 1 is 1.28 bits per heavy atom. The molecule has 0 aromatic carbocycles. The first-order valence-corrected chi connectivity index (χ1v) is 8.84. The summed E-state index contributed by atoms with van der Waals surface area (Å²) in [6.07, 6.45) is 13.3. The molecule has 0 bridgehead atoms. The van der Waals surface area contributed by atoms with Crippen LogP contribution >= 0.6 is 0 Å². The van der Waals surface area contributed by atoms with Crippen LogP contribution in [0.4, 0.5) is 5.82 Å². The number of imidazole rings is 1. The number of fused-ring (bicyclic) bond motifs is 6. The third-order valence-corrected chi connectivity index (χ3v) is 5.70. The summed E-state index contributed by atoms with van der Waals surface area (Å²) in [5.41, 5.74) is 0.818. The summed E-state index contributed by atoms with van der Waals surface area (Å²) in [6, 6.07) is 0.453. The first kappa shape index (κ1) is 14.6. The maximum atomic E-state index is 4.93. The second kappa shape index (κ2) is 5.11. The lowest BCUT2D eigenvalue weighted by atomic mass is 9.90. The molecule has 0 unspecified atom stereocenters. The minimum absolute atomic E-state index is 0.134. The lowest BCUT2D eigenvalue weighted by Gasteiger charge is -2.44. The molecule has 0 spiro atoms. The third kappa shape index (κ3) is 1.79. The van der Waals surface area contributed by atoms with E-state index in [0.717, 1.165) is 43.0 Å². The highest BCUT2D eigenvalue weighted by molar-refractivity contribution is 5.65. The van der Waals surface area contributed by atoms with Crippen molar-refractivity contribution >= 4 is 5.82 Å². The molecule has 25 heavy (non-hydrogen) atoms. The number of hydrogen-bond acceptors (Lipinski definition) is 6. The van der Waals surface area contributed by atoms with Gasteiger partial charge in [-0.1, -0.05) is 13.8 Å². The zero-order valence-corrected chi connectivity index (χ0v) is 14.4. The molecule has 3 aromatic heterocycles. The molecule has 128 valence electrons. The van der Waals surface area contributed by atoms with E-state index in [0.29, 0.717) is 12.0 Å². The van der Waals surface area contributed by atoms with Crippen LogP contribution in [0.1, 0.15) is 45.4 Å². The average molecular weight is 336 g/mol. The average Bonchev–Trinajstić information content (AvgIpc) is 3.40. The zero-order chi connectivity index (χ0) is 17.0. The van der Waals surface area contributed by atoms with Gasteiger partial charge in [-0.3, -0.25) is 9.13 Å². The van der Waals surface area contributed by atoms with Crippen LogP contribution in [0.15, 0.2) is 31.2 Å². The Kier molecular flexibility index (Phi) is 2.98. The van der Waals surface area contributed by atoms with Crippen molar-refractivity contribution < 1.29 is 0 Å². The maximum Gasteiger partial charge on any atom is 0.236 e. The molecular formula is C17H20N8. The van der Waals surface area contributed by atoms with Gasteiger partial charge < -0.3 is 4.90 Å². The van der Waals surface area contributed by atoms with E-state index in [4.69, 9.17) is 4.98 Å². The minimum Gasteiger partial charge on any atom is -0.339 e. The normalized spacial score (nSPS) is 24.1. The summed E-state index contributed by atoms with van der Waals surface area (Å²) in [4.78, 5) is 16.1. The van der Waals surface area contributed by atoms with Crippen LogP contribution in [-0.4, -0.2) is 40.3 Å². The highest BCUT2D eigenvalue weighted by atomic mass is 15.4. The van der Waals surface area contributed by atoms with E-state index >= 15 is 0 Å². The Morgan fingerprint density at radius 2 is 2.20 bits per heavy atom. The molecule has 1 fully saturated rings. The summed E-state index contributed by atoms with van der Waals surface area (Å²) >= 11 is 0. The van der Waals surface area contributed by atoms with Gasteiger partial charge in [0.25, 0.3) is 0 Å². The predicted octanol–water partition coefficient (Wildman–Crippen LogP) is 2.24. The Hall–Kier alpha value is -2.77. The van der Waals surface area contributed by atoms with Crippen molar-refractivity contribution in [2.45, 2.75) is 51.1 Å². The van der Waals surface area contributed by atoms with E-state index in [9.17, 15) is 0 Å². The molecule has 0 N–H and O–H groups in total. The third-order valence-electron chi connectivity index (χ3n) is 5.70. The monoisotopic (exact) mass is 336 g/mol. The van der Waals surface area contributed by atoms with Crippen LogP contribution in [0.3, 0.4) is 0 Å². The standard InChI is InChI=1S/C17H20N8/c1-3-12-5-6-17(4-2)15-22-20-11-24(15)13-9-19-16(21-14(13)25(12)17)23-8-7-18-10-23/h7-12H,3-6H2,1-2H3/t12-,17+/m1/s1. The number of hydrogen-bond donors (Lipinski definition) is 0. The van der Waals surface area contributed by atoms with Crippen molar-refractivity contribution in [1.82, 2.24) is 34.3 Å². The molecule has 8 nitrogen and oxygen atoms in total. The van der Waals surface area contributed by atoms with Crippen LogP contribution in [0.5, 0.6) is 0 Å². The molecule has 0 amide bonds. The van der Waals surface area contributed by atoms with E-state index < -0.39 is 0 Å². The van der Waals surface area contributed by atoms with Crippen LogP contribution in [0, 0.1) is 0 Å². The van der Waals surface area contributed by atoms with E-state index in [-0.39, 0.29) is 5.54 Å². The lowest BCUT2D eigenvalue weighted by Crippen LogP contribution is -2.50. The van der Waals surface area contributed by atoms with Crippen molar-refractivity contribution in [2.75, 3.05) is 4.90 Å². The highest BCUT2D eigenvalue weighted by Gasteiger charge is 2.53. The molecule has 0 saturated carbocycles. The Morgan fingerprint density at radius 3 is 2.96 bits per heavy atom. The molecule has 5 rings (SSSR count). The Labute approximate surface area is 145 Å². The van der Waals surface area contributed by atoms with Crippen molar-refractivity contribution in [2.24, 2.45) is 0 Å². The minimum atomic E-state index is -0.134. The molecule has 2 aliphatic heterocycles. The summed E-state index contributed by atoms with van der Waals surface area (Å²) in [7, 11) is 0. The smallest absolute Gasteiger partial charge is 0.236 e. The predicted molar refractivity (Wildman–Crippen MR) is 91.8 cm³/mol. The van der Waals surface area contributed by atoms with Crippen molar-refractivity contribution in [3.8, 4) is 11.6 Å². The van der Waals surface area contributed by atoms with Gasteiger partial charge in [0.1, 0.15) is 23.9 Å². The van der Waals surface area contributed by atoms with Gasteiger partial charge in [0, 0.05) is 18.4 Å². The topological polar surface area (TPSA) is 77.5 Å². The number of anilines is 1. The maximum absolute atomic E-state index is 4.93. The van der Waals surface area contributed by atoms with Crippen molar-refractivity contribution in [1.29, 1.82) is 0 Å². The Bertz CT molecular complexity index is 915. The highest BCUT2D eigenvalue weighted by Crippen LogP contribution is 2.51. The van der Waals surface area contributed by atoms with Gasteiger partial charge in [0.05, 0.1) is 6.20 Å². The number of aromatic nitrogens is 7. The largest absolute Gasteiger partial charge is 0.339 e. The first-order chi connectivity index (χ1) is 12.3. The molecule has 2 atom stereocenters. The van der Waals surface area contributed by atoms with Crippen molar-refractivity contribution in [3.05, 3.63) is 37.1 Å². The summed E-state index contributed by atoms with van der Waals surface area (Å²) in [5.74, 6) is 2.62. The van der Waals surface area contributed by atoms with E-state index in [1.165, 1.54) is 0 Å². The first-order valence-electron chi connectivity index (χ1n) is 8.84. The van der Waals surface area contributed by atoms with Gasteiger partial charge in [0.2, 0.25) is 5.95 Å². The quantitative estimate of drug-likeness (QED) is 0.730. The van der Waals surface area contributed by atoms with Gasteiger partial charge >= 0.3 is 0 Å². The van der Waals surface area contributed by atoms with Crippen molar-refractivity contribution in [3.63, 3.8) is 0 Å². The second-order valence-corrected chi connectivity index (χ2v) is 6.73. The van der Waals surface area contributed by atoms with Gasteiger partial charge in [0.15, 0.2) is 11.6 Å². The van der Waals surface area contributed by atoms with Gasteiger partial charge in [-0.05, 0) is 25.7 Å². The zero-order valence-electron chi connectivity index (χ0n) is 14.4. The summed E-state index contributed by atoms with van der Waals surface area (Å²) in [6.45, 7) is 4.47. The van der Waals surface area contributed by atoms with Crippen LogP contribution < -0.4 is 4.90 Å². The molecule has 5 heterocycles. The second-order valence-electron chi connectivity index (χ2n) is 6.73. The lowest BCUT2D eigenvalue weighted by molar-refractivity contribution is 0.371. The molecular weight excluding hydrogens is 316 g/mol. The SMILES string of the molecule is CC[C@@H]1CC[C@@]2(CC)c3nncn3-c3cnc(-n4ccnc4)nc3N12. The molecule has 0 aliphatic carbocycles. The van der Waals surface area contributed by atoms with Crippen LogP contribution in [0.2, 0.25) is 0 Å². The summed E-state index contributed by atoms with van der Waals surface area (Å²) in [5, 5.41) is 8.68. The molecule has 1 saturated heterocycles. The van der Waals surface area contributed by atoms with Gasteiger partial charge in [-0.2, -0.15) is 4.98 Å².